The zero-order valence-corrected chi connectivity index (χ0v) is 18.0. The third-order valence-corrected chi connectivity index (χ3v) is 5.45. The fourth-order valence-corrected chi connectivity index (χ4v) is 3.50. The van der Waals surface area contributed by atoms with Crippen molar-refractivity contribution in [3.8, 4) is 0 Å². The maximum atomic E-state index is 12.9. The number of carbonyl (C=O) groups excluding carboxylic acids is 2. The Balaban J connectivity index is 0.00000101. The van der Waals surface area contributed by atoms with Crippen LogP contribution in [0.4, 0.5) is 5.69 Å². The molecule has 0 saturated carbocycles. The van der Waals surface area contributed by atoms with Crippen molar-refractivity contribution in [1.29, 1.82) is 0 Å². The van der Waals surface area contributed by atoms with Crippen LogP contribution < -0.4 is 5.32 Å². The summed E-state index contributed by atoms with van der Waals surface area (Å²) in [6.07, 6.45) is 0.978. The quantitative estimate of drug-likeness (QED) is 0.696. The number of nitrogens with one attached hydrogen (secondary N) is 1. The molecule has 2 saturated heterocycles. The highest BCUT2D eigenvalue weighted by molar-refractivity contribution is 5.99. The number of aryl methyl sites for hydroxylation is 1. The van der Waals surface area contributed by atoms with E-state index in [1.54, 1.807) is 6.07 Å². The van der Waals surface area contributed by atoms with Crippen molar-refractivity contribution in [2.45, 2.75) is 19.4 Å². The van der Waals surface area contributed by atoms with E-state index in [2.05, 4.69) is 17.3 Å². The second-order valence-electron chi connectivity index (χ2n) is 7.64. The summed E-state index contributed by atoms with van der Waals surface area (Å²) in [5.74, 6) is -0.0692. The molecule has 9 heteroatoms. The molecule has 2 N–H and O–H groups in total. The van der Waals surface area contributed by atoms with Crippen LogP contribution >= 0.6 is 0 Å². The summed E-state index contributed by atoms with van der Waals surface area (Å²) in [7, 11) is 4.01. The minimum atomic E-state index is -0.307. The van der Waals surface area contributed by atoms with Gasteiger partial charge in [0.2, 0.25) is 5.91 Å². The SMILES string of the molecule is Cc1ccc(C(=O)N2CCCN(C)CC2)cc1NC(=O)[C@@H]1COCCN1C.O=CO. The van der Waals surface area contributed by atoms with Gasteiger partial charge in [-0.1, -0.05) is 6.07 Å². The number of benzene rings is 1. The van der Waals surface area contributed by atoms with E-state index in [9.17, 15) is 9.59 Å². The number of nitrogens with zero attached hydrogens (tertiary/aromatic N) is 3. The van der Waals surface area contributed by atoms with Crippen LogP contribution in [0.15, 0.2) is 18.2 Å². The summed E-state index contributed by atoms with van der Waals surface area (Å²) in [5.41, 5.74) is 2.25. The van der Waals surface area contributed by atoms with Crippen LogP contribution in [0.5, 0.6) is 0 Å². The zero-order valence-electron chi connectivity index (χ0n) is 18.0. The number of amides is 2. The molecule has 1 atom stereocenters. The van der Waals surface area contributed by atoms with Crippen LogP contribution in [0.2, 0.25) is 0 Å². The first-order valence-electron chi connectivity index (χ1n) is 10.1. The number of anilines is 1. The normalized spacial score (nSPS) is 20.5. The van der Waals surface area contributed by atoms with Gasteiger partial charge in [-0.05, 0) is 51.7 Å². The molecule has 1 aromatic carbocycles. The molecule has 1 aromatic rings. The molecule has 3 rings (SSSR count). The maximum Gasteiger partial charge on any atom is 0.290 e. The summed E-state index contributed by atoms with van der Waals surface area (Å²) < 4.78 is 5.44. The number of ether oxygens (including phenoxy) is 1. The lowest BCUT2D eigenvalue weighted by molar-refractivity contribution is -0.126. The standard InChI is InChI=1S/C20H30N4O3.CH2O2/c1-15-5-6-16(20(26)24-8-4-7-22(2)9-10-24)13-17(15)21-19(25)18-14-27-12-11-23(18)3;2-1-3/h5-6,13,18H,4,7-12,14H2,1-3H3,(H,21,25);1H,(H,2,3)/t18-;/m0./s1. The van der Waals surface area contributed by atoms with Crippen molar-refractivity contribution >= 4 is 24.0 Å². The van der Waals surface area contributed by atoms with Crippen molar-refractivity contribution in [1.82, 2.24) is 14.7 Å². The van der Waals surface area contributed by atoms with Gasteiger partial charge >= 0.3 is 0 Å². The van der Waals surface area contributed by atoms with E-state index >= 15 is 0 Å². The highest BCUT2D eigenvalue weighted by atomic mass is 16.5. The van der Waals surface area contributed by atoms with Crippen LogP contribution in [0, 0.1) is 6.92 Å². The Morgan fingerprint density at radius 3 is 2.60 bits per heavy atom. The lowest BCUT2D eigenvalue weighted by Crippen LogP contribution is -2.49. The van der Waals surface area contributed by atoms with Gasteiger partial charge in [-0.15, -0.1) is 0 Å². The maximum absolute atomic E-state index is 12.9. The highest BCUT2D eigenvalue weighted by Crippen LogP contribution is 2.20. The molecular weight excluding hydrogens is 388 g/mol. The van der Waals surface area contributed by atoms with E-state index in [1.165, 1.54) is 0 Å². The molecule has 2 aliphatic rings. The smallest absolute Gasteiger partial charge is 0.290 e. The summed E-state index contributed by atoms with van der Waals surface area (Å²) >= 11 is 0. The second-order valence-corrected chi connectivity index (χ2v) is 7.64. The molecule has 2 fully saturated rings. The fraction of sp³-hybridized carbons (Fsp3) is 0.571. The van der Waals surface area contributed by atoms with E-state index in [0.29, 0.717) is 24.5 Å². The first-order chi connectivity index (χ1) is 14.4. The molecule has 0 unspecified atom stereocenters. The molecule has 0 spiro atoms. The van der Waals surface area contributed by atoms with Gasteiger partial charge in [-0.25, -0.2) is 0 Å². The number of carboxylic acid groups (broad SMARTS) is 1. The Morgan fingerprint density at radius 2 is 1.90 bits per heavy atom. The van der Waals surface area contributed by atoms with Gasteiger partial charge in [-0.3, -0.25) is 19.3 Å². The van der Waals surface area contributed by atoms with Crippen LogP contribution in [0.25, 0.3) is 0 Å². The van der Waals surface area contributed by atoms with Gasteiger partial charge in [0, 0.05) is 37.4 Å². The number of likely N-dealkylation sites (N-methyl/N-ethyl adjacent to an activating group) is 2. The summed E-state index contributed by atoms with van der Waals surface area (Å²) in [6.45, 7) is 6.85. The summed E-state index contributed by atoms with van der Waals surface area (Å²) in [6, 6.07) is 5.23. The van der Waals surface area contributed by atoms with Crippen molar-refractivity contribution in [3.05, 3.63) is 29.3 Å². The zero-order chi connectivity index (χ0) is 22.1. The average molecular weight is 421 g/mol. The molecule has 9 nitrogen and oxygen atoms in total. The molecule has 166 valence electrons. The molecule has 0 aromatic heterocycles. The van der Waals surface area contributed by atoms with Crippen LogP contribution in [0.3, 0.4) is 0 Å². The Bertz CT molecular complexity index is 742. The number of carbonyl (C=O) groups is 3. The van der Waals surface area contributed by atoms with Crippen molar-refractivity contribution in [2.24, 2.45) is 0 Å². The molecule has 2 heterocycles. The number of hydrogen-bond acceptors (Lipinski definition) is 6. The monoisotopic (exact) mass is 420 g/mol. The van der Waals surface area contributed by atoms with Gasteiger partial charge < -0.3 is 25.0 Å². The van der Waals surface area contributed by atoms with Crippen LogP contribution in [0.1, 0.15) is 22.3 Å². The Labute approximate surface area is 177 Å². The summed E-state index contributed by atoms with van der Waals surface area (Å²) in [4.78, 5) is 40.1. The van der Waals surface area contributed by atoms with Crippen molar-refractivity contribution in [3.63, 3.8) is 0 Å². The Hall–Kier alpha value is -2.49. The number of hydrogen-bond donors (Lipinski definition) is 2. The lowest BCUT2D eigenvalue weighted by Gasteiger charge is -2.31. The molecule has 2 amide bonds. The Kier molecular flexibility index (Phi) is 9.22. The van der Waals surface area contributed by atoms with Crippen molar-refractivity contribution in [2.75, 3.05) is 65.3 Å². The molecule has 0 aliphatic carbocycles. The van der Waals surface area contributed by atoms with E-state index in [4.69, 9.17) is 14.6 Å². The predicted octanol–water partition coefficient (Wildman–Crippen LogP) is 0.743. The molecule has 0 bridgehead atoms. The van der Waals surface area contributed by atoms with E-state index in [1.807, 2.05) is 35.9 Å². The molecule has 2 aliphatic heterocycles. The molecule has 30 heavy (non-hydrogen) atoms. The van der Waals surface area contributed by atoms with Gasteiger partial charge in [0.15, 0.2) is 0 Å². The third-order valence-electron chi connectivity index (χ3n) is 5.45. The van der Waals surface area contributed by atoms with Gasteiger partial charge in [0.1, 0.15) is 6.04 Å². The first kappa shape index (κ1) is 23.8. The van der Waals surface area contributed by atoms with Gasteiger partial charge in [0.05, 0.1) is 13.2 Å². The largest absolute Gasteiger partial charge is 0.483 e. The average Bonchev–Trinajstić information content (AvgIpc) is 2.94. The summed E-state index contributed by atoms with van der Waals surface area (Å²) in [5, 5.41) is 9.88. The predicted molar refractivity (Wildman–Crippen MR) is 114 cm³/mol. The highest BCUT2D eigenvalue weighted by Gasteiger charge is 2.27. The minimum absolute atomic E-state index is 0.0268. The van der Waals surface area contributed by atoms with E-state index in [-0.39, 0.29) is 24.3 Å². The van der Waals surface area contributed by atoms with E-state index < -0.39 is 0 Å². The van der Waals surface area contributed by atoms with E-state index in [0.717, 1.165) is 44.7 Å². The topological polar surface area (TPSA) is 102 Å². The minimum Gasteiger partial charge on any atom is -0.483 e. The first-order valence-corrected chi connectivity index (χ1v) is 10.1. The fourth-order valence-electron chi connectivity index (χ4n) is 3.50. The lowest BCUT2D eigenvalue weighted by atomic mass is 10.1. The number of morpholine rings is 1. The van der Waals surface area contributed by atoms with Gasteiger partial charge in [0.25, 0.3) is 12.4 Å². The second kappa shape index (κ2) is 11.6. The Morgan fingerprint density at radius 1 is 1.17 bits per heavy atom. The van der Waals surface area contributed by atoms with Crippen LogP contribution in [-0.4, -0.2) is 104 Å². The molecular formula is C21H32N4O5. The van der Waals surface area contributed by atoms with Crippen LogP contribution in [-0.2, 0) is 14.3 Å². The third kappa shape index (κ3) is 6.51. The number of rotatable bonds is 3. The molecule has 0 radical (unpaired) electrons. The van der Waals surface area contributed by atoms with Crippen molar-refractivity contribution < 1.29 is 24.2 Å². The van der Waals surface area contributed by atoms with Gasteiger partial charge in [-0.2, -0.15) is 0 Å².